The molecule has 2 rings (SSSR count). The smallest absolute Gasteiger partial charge is 0.285 e. The van der Waals surface area contributed by atoms with Gasteiger partial charge in [-0.05, 0) is 19.3 Å². The zero-order valence-corrected chi connectivity index (χ0v) is 8.97. The first-order chi connectivity index (χ1) is 7.11. The van der Waals surface area contributed by atoms with Crippen LogP contribution in [-0.4, -0.2) is 22.3 Å². The van der Waals surface area contributed by atoms with E-state index in [2.05, 4.69) is 15.5 Å². The number of nitrogens with zero attached hydrogens (tertiary/aromatic N) is 1. The highest BCUT2D eigenvalue weighted by Gasteiger charge is 2.32. The molecule has 0 unspecified atom stereocenters. The molecule has 0 aliphatic heterocycles. The lowest BCUT2D eigenvalue weighted by atomic mass is 9.78. The lowest BCUT2D eigenvalue weighted by Gasteiger charge is -2.38. The number of hydrogen-bond acceptors (Lipinski definition) is 4. The average molecular weight is 229 g/mol. The summed E-state index contributed by atoms with van der Waals surface area (Å²) >= 11 is 5.80. The van der Waals surface area contributed by atoms with Crippen molar-refractivity contribution in [3.8, 4) is 0 Å². The van der Waals surface area contributed by atoms with Crippen LogP contribution in [0.3, 0.4) is 0 Å². The third kappa shape index (κ3) is 2.13. The van der Waals surface area contributed by atoms with Gasteiger partial charge in [0.1, 0.15) is 5.02 Å². The Bertz CT molecular complexity index is 413. The van der Waals surface area contributed by atoms with E-state index in [4.69, 9.17) is 17.3 Å². The Labute approximate surface area is 92.0 Å². The first kappa shape index (κ1) is 10.4. The van der Waals surface area contributed by atoms with Crippen molar-refractivity contribution >= 4 is 17.3 Å². The van der Waals surface area contributed by atoms with Gasteiger partial charge in [-0.25, -0.2) is 5.10 Å². The van der Waals surface area contributed by atoms with Crippen molar-refractivity contribution in [3.63, 3.8) is 0 Å². The van der Waals surface area contributed by atoms with Crippen molar-refractivity contribution in [3.05, 3.63) is 21.6 Å². The van der Waals surface area contributed by atoms with Crippen LogP contribution in [0.5, 0.6) is 0 Å². The van der Waals surface area contributed by atoms with Crippen LogP contribution in [0.25, 0.3) is 0 Å². The van der Waals surface area contributed by atoms with Crippen LogP contribution in [0, 0.1) is 0 Å². The fraction of sp³-hybridized carbons (Fsp3) is 0.556. The summed E-state index contributed by atoms with van der Waals surface area (Å²) in [7, 11) is 0. The van der Waals surface area contributed by atoms with Gasteiger partial charge in [-0.15, -0.1) is 0 Å². The molecule has 1 aromatic rings. The Morgan fingerprint density at radius 2 is 2.40 bits per heavy atom. The molecule has 1 aliphatic carbocycles. The lowest BCUT2D eigenvalue weighted by Crippen LogP contribution is -2.52. The first-order valence-corrected chi connectivity index (χ1v) is 5.24. The van der Waals surface area contributed by atoms with Crippen LogP contribution in [0.4, 0.5) is 5.69 Å². The van der Waals surface area contributed by atoms with Crippen molar-refractivity contribution in [2.24, 2.45) is 5.73 Å². The van der Waals surface area contributed by atoms with E-state index in [1.165, 1.54) is 12.6 Å². The van der Waals surface area contributed by atoms with E-state index in [0.29, 0.717) is 12.2 Å². The van der Waals surface area contributed by atoms with Gasteiger partial charge in [-0.2, -0.15) is 5.10 Å². The van der Waals surface area contributed by atoms with Gasteiger partial charge in [0.15, 0.2) is 0 Å². The molecule has 1 aromatic heterocycles. The fourth-order valence-corrected chi connectivity index (χ4v) is 1.74. The topological polar surface area (TPSA) is 83.8 Å². The zero-order chi connectivity index (χ0) is 10.9. The summed E-state index contributed by atoms with van der Waals surface area (Å²) in [6.07, 6.45) is 4.67. The van der Waals surface area contributed by atoms with Crippen molar-refractivity contribution in [2.45, 2.75) is 24.8 Å². The normalized spacial score (nSPS) is 18.3. The average Bonchev–Trinajstić information content (AvgIpc) is 2.17. The fourth-order valence-electron chi connectivity index (χ4n) is 1.59. The lowest BCUT2D eigenvalue weighted by molar-refractivity contribution is 0.265. The van der Waals surface area contributed by atoms with Crippen molar-refractivity contribution in [2.75, 3.05) is 11.9 Å². The van der Waals surface area contributed by atoms with Crippen LogP contribution >= 0.6 is 11.6 Å². The summed E-state index contributed by atoms with van der Waals surface area (Å²) in [6, 6.07) is 0. The Morgan fingerprint density at radius 3 is 3.00 bits per heavy atom. The van der Waals surface area contributed by atoms with E-state index in [0.717, 1.165) is 12.8 Å². The molecule has 1 fully saturated rings. The van der Waals surface area contributed by atoms with Crippen molar-refractivity contribution < 1.29 is 0 Å². The molecule has 0 saturated heterocycles. The molecule has 15 heavy (non-hydrogen) atoms. The number of aromatic nitrogens is 2. The van der Waals surface area contributed by atoms with Gasteiger partial charge in [0.2, 0.25) is 0 Å². The molecular formula is C9H13ClN4O. The standard InChI is InChI=1S/C9H13ClN4O/c10-7-6(4-13-14-8(7)15)12-5-9(11)2-1-3-9/h4H,1-3,5,11H2,(H2,12,14,15). The quantitative estimate of drug-likeness (QED) is 0.712. The second kappa shape index (κ2) is 3.83. The second-order valence-corrected chi connectivity index (χ2v) is 4.37. The molecule has 0 atom stereocenters. The minimum absolute atomic E-state index is 0.132. The highest BCUT2D eigenvalue weighted by molar-refractivity contribution is 6.32. The molecule has 0 bridgehead atoms. The van der Waals surface area contributed by atoms with E-state index < -0.39 is 0 Å². The summed E-state index contributed by atoms with van der Waals surface area (Å²) in [5.74, 6) is 0. The van der Waals surface area contributed by atoms with Gasteiger partial charge in [0.05, 0.1) is 11.9 Å². The number of nitrogens with two attached hydrogens (primary N) is 1. The monoisotopic (exact) mass is 228 g/mol. The van der Waals surface area contributed by atoms with Gasteiger partial charge >= 0.3 is 0 Å². The molecule has 82 valence electrons. The molecule has 4 N–H and O–H groups in total. The molecule has 0 spiro atoms. The van der Waals surface area contributed by atoms with Crippen LogP contribution in [-0.2, 0) is 0 Å². The maximum absolute atomic E-state index is 11.1. The number of rotatable bonds is 3. The number of anilines is 1. The van der Waals surface area contributed by atoms with E-state index >= 15 is 0 Å². The molecular weight excluding hydrogens is 216 g/mol. The van der Waals surface area contributed by atoms with Gasteiger partial charge in [-0.1, -0.05) is 11.6 Å². The van der Waals surface area contributed by atoms with Crippen LogP contribution in [0.1, 0.15) is 19.3 Å². The minimum Gasteiger partial charge on any atom is -0.381 e. The van der Waals surface area contributed by atoms with Crippen LogP contribution in [0.15, 0.2) is 11.0 Å². The molecule has 1 saturated carbocycles. The summed E-state index contributed by atoms with van der Waals surface area (Å²) < 4.78 is 0. The van der Waals surface area contributed by atoms with Crippen LogP contribution in [0.2, 0.25) is 5.02 Å². The molecule has 0 aromatic carbocycles. The van der Waals surface area contributed by atoms with Gasteiger partial charge in [0, 0.05) is 12.1 Å². The maximum atomic E-state index is 11.1. The molecule has 5 nitrogen and oxygen atoms in total. The van der Waals surface area contributed by atoms with E-state index in [1.54, 1.807) is 0 Å². The summed E-state index contributed by atoms with van der Waals surface area (Å²) in [6.45, 7) is 0.623. The number of halogens is 1. The highest BCUT2D eigenvalue weighted by Crippen LogP contribution is 2.29. The van der Waals surface area contributed by atoms with Gasteiger partial charge in [0.25, 0.3) is 5.56 Å². The van der Waals surface area contributed by atoms with E-state index in [1.807, 2.05) is 0 Å². The number of nitrogens with one attached hydrogen (secondary N) is 2. The molecule has 1 aliphatic rings. The maximum Gasteiger partial charge on any atom is 0.285 e. The zero-order valence-electron chi connectivity index (χ0n) is 8.22. The van der Waals surface area contributed by atoms with Gasteiger partial charge in [-0.3, -0.25) is 4.79 Å². The highest BCUT2D eigenvalue weighted by atomic mass is 35.5. The van der Waals surface area contributed by atoms with Gasteiger partial charge < -0.3 is 11.1 Å². The Balaban J connectivity index is 2.05. The van der Waals surface area contributed by atoms with Crippen LogP contribution < -0.4 is 16.6 Å². The van der Waals surface area contributed by atoms with E-state index in [9.17, 15) is 4.79 Å². The SMILES string of the molecule is NC1(CNc2cn[nH]c(=O)c2Cl)CCC1. The number of H-pyrrole nitrogens is 1. The predicted octanol–water partition coefficient (Wildman–Crippen LogP) is 0.717. The Kier molecular flexibility index (Phi) is 2.67. The minimum atomic E-state index is -0.388. The predicted molar refractivity (Wildman–Crippen MR) is 59.1 cm³/mol. The van der Waals surface area contributed by atoms with E-state index in [-0.39, 0.29) is 16.1 Å². The largest absolute Gasteiger partial charge is 0.381 e. The third-order valence-corrected chi connectivity index (χ3v) is 3.15. The molecule has 6 heteroatoms. The van der Waals surface area contributed by atoms with Crippen molar-refractivity contribution in [1.29, 1.82) is 0 Å². The summed E-state index contributed by atoms with van der Waals surface area (Å²) in [5, 5.41) is 9.11. The Hall–Kier alpha value is -1.07. The number of hydrogen-bond donors (Lipinski definition) is 3. The Morgan fingerprint density at radius 1 is 1.67 bits per heavy atom. The van der Waals surface area contributed by atoms with Crippen molar-refractivity contribution in [1.82, 2.24) is 10.2 Å². The summed E-state index contributed by atoms with van der Waals surface area (Å²) in [5.41, 5.74) is 6.03. The number of aromatic amines is 1. The summed E-state index contributed by atoms with van der Waals surface area (Å²) in [4.78, 5) is 11.1. The molecule has 1 heterocycles. The molecule has 0 radical (unpaired) electrons. The third-order valence-electron chi connectivity index (χ3n) is 2.78. The first-order valence-electron chi connectivity index (χ1n) is 4.87. The second-order valence-electron chi connectivity index (χ2n) is 4.00. The molecule has 0 amide bonds.